The Labute approximate surface area is 165 Å². The molecule has 0 aliphatic heterocycles. The first-order valence-electron chi connectivity index (χ1n) is 8.99. The lowest BCUT2D eigenvalue weighted by atomic mass is 9.85. The van der Waals surface area contributed by atoms with Crippen LogP contribution >= 0.6 is 0 Å². The zero-order valence-corrected chi connectivity index (χ0v) is 17.7. The van der Waals surface area contributed by atoms with Crippen LogP contribution in [-0.4, -0.2) is 23.6 Å². The lowest BCUT2D eigenvalue weighted by molar-refractivity contribution is 0.199. The first kappa shape index (κ1) is 20.4. The van der Waals surface area contributed by atoms with Crippen molar-refractivity contribution < 1.29 is 21.9 Å². The van der Waals surface area contributed by atoms with E-state index in [2.05, 4.69) is 45.7 Å². The normalized spacial score (nSPS) is 13.2. The average molecular weight is 404 g/mol. The minimum Gasteiger partial charge on any atom is -0.306 e. The van der Waals surface area contributed by atoms with Crippen molar-refractivity contribution in [3.63, 3.8) is 0 Å². The molecule has 0 amide bonds. The number of fused-ring (bicyclic) bond motifs is 3. The van der Waals surface area contributed by atoms with Crippen molar-refractivity contribution in [3.05, 3.63) is 47.5 Å². The summed E-state index contributed by atoms with van der Waals surface area (Å²) in [6, 6.07) is 11.4. The van der Waals surface area contributed by atoms with E-state index in [4.69, 9.17) is 4.55 Å². The van der Waals surface area contributed by atoms with Crippen LogP contribution in [0.15, 0.2) is 36.4 Å². The molecule has 0 bridgehead atoms. The Morgan fingerprint density at radius 2 is 1.25 bits per heavy atom. The molecule has 0 spiro atoms. The molecule has 0 atom stereocenters. The highest BCUT2D eigenvalue weighted by Gasteiger charge is 2.24. The summed E-state index contributed by atoms with van der Waals surface area (Å²) in [7, 11) is -4.92. The predicted octanol–water partition coefficient (Wildman–Crippen LogP) is 5.18. The van der Waals surface area contributed by atoms with Gasteiger partial charge in [-0.3, -0.25) is 4.55 Å². The molecule has 0 saturated heterocycles. The molecule has 1 heterocycles. The van der Waals surface area contributed by atoms with Gasteiger partial charge in [-0.15, -0.1) is 0 Å². The molecule has 1 aromatic heterocycles. The molecule has 2 aromatic carbocycles. The van der Waals surface area contributed by atoms with E-state index in [-0.39, 0.29) is 10.8 Å². The summed E-state index contributed by atoms with van der Waals surface area (Å²) >= 11 is 0. The topological polar surface area (TPSA) is 85.6 Å². The first-order valence-corrected chi connectivity index (χ1v) is 10.4. The van der Waals surface area contributed by atoms with Gasteiger partial charge < -0.3 is 4.18 Å². The van der Waals surface area contributed by atoms with Crippen molar-refractivity contribution in [2.45, 2.75) is 52.4 Å². The maximum Gasteiger partial charge on any atom is 0.450 e. The van der Waals surface area contributed by atoms with Crippen LogP contribution in [0.2, 0.25) is 0 Å². The second-order valence-electron chi connectivity index (χ2n) is 9.08. The first-order chi connectivity index (χ1) is 12.7. The van der Waals surface area contributed by atoms with Gasteiger partial charge in [0.1, 0.15) is 0 Å². The molecule has 0 unspecified atom stereocenters. The highest BCUT2D eigenvalue weighted by molar-refractivity contribution is 7.81. The van der Waals surface area contributed by atoms with Crippen molar-refractivity contribution in [1.29, 1.82) is 0 Å². The third kappa shape index (κ3) is 3.77. The average Bonchev–Trinajstić information content (AvgIpc) is 2.84. The van der Waals surface area contributed by atoms with Crippen molar-refractivity contribution >= 4 is 38.3 Å². The van der Waals surface area contributed by atoms with Gasteiger partial charge >= 0.3 is 16.5 Å². The molecule has 0 aliphatic carbocycles. The van der Waals surface area contributed by atoms with Crippen LogP contribution in [0.3, 0.4) is 0 Å². The Balaban J connectivity index is 2.40. The maximum atomic E-state index is 12.5. The SMILES string of the molecule is CC(C)(C)c1ccc2c(c1)c1cc(C(C)(C)C)ccc1n2C(=O)OS(=O)(=O)O. The molecule has 7 heteroatoms. The number of benzene rings is 2. The number of hydrogen-bond acceptors (Lipinski definition) is 4. The van der Waals surface area contributed by atoms with Gasteiger partial charge in [-0.2, -0.15) is 8.42 Å². The summed E-state index contributed by atoms with van der Waals surface area (Å²) in [6.45, 7) is 12.6. The van der Waals surface area contributed by atoms with Gasteiger partial charge in [0.05, 0.1) is 11.0 Å². The summed E-state index contributed by atoms with van der Waals surface area (Å²) in [6.07, 6.45) is -1.17. The van der Waals surface area contributed by atoms with Gasteiger partial charge in [-0.1, -0.05) is 53.7 Å². The van der Waals surface area contributed by atoms with Crippen molar-refractivity contribution in [3.8, 4) is 0 Å². The molecule has 28 heavy (non-hydrogen) atoms. The highest BCUT2D eigenvalue weighted by Crippen LogP contribution is 2.36. The Morgan fingerprint density at radius 1 is 0.857 bits per heavy atom. The zero-order chi connectivity index (χ0) is 21.1. The minimum atomic E-state index is -4.92. The third-order valence-corrected chi connectivity index (χ3v) is 5.21. The predicted molar refractivity (Wildman–Crippen MR) is 110 cm³/mol. The quantitative estimate of drug-likeness (QED) is 0.566. The zero-order valence-electron chi connectivity index (χ0n) is 16.9. The molecule has 3 aromatic rings. The molecule has 0 radical (unpaired) electrons. The summed E-state index contributed by atoms with van der Waals surface area (Å²) in [5.74, 6) is 0. The lowest BCUT2D eigenvalue weighted by Gasteiger charge is -2.19. The molecule has 3 rings (SSSR count). The van der Waals surface area contributed by atoms with E-state index >= 15 is 0 Å². The van der Waals surface area contributed by atoms with Crippen LogP contribution in [-0.2, 0) is 25.4 Å². The Bertz CT molecular complexity index is 1120. The number of carbonyl (C=O) groups excluding carboxylic acids is 1. The van der Waals surface area contributed by atoms with E-state index in [0.29, 0.717) is 11.0 Å². The molecule has 150 valence electrons. The molecular weight excluding hydrogens is 378 g/mol. The van der Waals surface area contributed by atoms with Gasteiger partial charge in [0.25, 0.3) is 0 Å². The summed E-state index contributed by atoms with van der Waals surface area (Å²) in [5, 5.41) is 1.64. The van der Waals surface area contributed by atoms with Gasteiger partial charge in [-0.05, 0) is 46.2 Å². The second-order valence-corrected chi connectivity index (χ2v) is 10.1. The molecule has 1 N–H and O–H groups in total. The van der Waals surface area contributed by atoms with Crippen LogP contribution in [0.25, 0.3) is 21.8 Å². The van der Waals surface area contributed by atoms with Gasteiger partial charge in [-0.25, -0.2) is 9.36 Å². The van der Waals surface area contributed by atoms with Crippen LogP contribution in [0.5, 0.6) is 0 Å². The van der Waals surface area contributed by atoms with Crippen LogP contribution in [0.1, 0.15) is 52.7 Å². The van der Waals surface area contributed by atoms with Crippen molar-refractivity contribution in [2.75, 3.05) is 0 Å². The Hall–Kier alpha value is -2.38. The van der Waals surface area contributed by atoms with E-state index in [9.17, 15) is 13.2 Å². The van der Waals surface area contributed by atoms with E-state index in [1.807, 2.05) is 24.3 Å². The molecular formula is C21H25NO5S. The van der Waals surface area contributed by atoms with Crippen LogP contribution in [0, 0.1) is 0 Å². The van der Waals surface area contributed by atoms with Crippen molar-refractivity contribution in [1.82, 2.24) is 4.57 Å². The summed E-state index contributed by atoms with van der Waals surface area (Å²) in [5.41, 5.74) is 3.01. The van der Waals surface area contributed by atoms with Gasteiger partial charge in [0, 0.05) is 10.8 Å². The summed E-state index contributed by atoms with van der Waals surface area (Å²) < 4.78 is 36.5. The summed E-state index contributed by atoms with van der Waals surface area (Å²) in [4.78, 5) is 12.5. The minimum absolute atomic E-state index is 0.0980. The number of hydrogen-bond donors (Lipinski definition) is 1. The van der Waals surface area contributed by atoms with Crippen molar-refractivity contribution in [2.24, 2.45) is 0 Å². The van der Waals surface area contributed by atoms with E-state index < -0.39 is 16.5 Å². The number of aromatic nitrogens is 1. The molecule has 0 saturated carbocycles. The van der Waals surface area contributed by atoms with Crippen LogP contribution in [0.4, 0.5) is 4.79 Å². The molecule has 0 fully saturated rings. The monoisotopic (exact) mass is 403 g/mol. The highest BCUT2D eigenvalue weighted by atomic mass is 32.3. The molecule has 0 aliphatic rings. The maximum absolute atomic E-state index is 12.5. The van der Waals surface area contributed by atoms with E-state index in [1.54, 1.807) is 12.1 Å². The number of rotatable bonds is 1. The second kappa shape index (κ2) is 6.32. The largest absolute Gasteiger partial charge is 0.450 e. The Morgan fingerprint density at radius 3 is 1.57 bits per heavy atom. The Kier molecular flexibility index (Phi) is 4.59. The standard InChI is InChI=1S/C21H25NO5S/c1-20(2,3)13-7-9-17-15(11-13)16-12-14(21(4,5)6)8-10-18(16)22(17)19(23)27-28(24,25)26/h7-12H,1-6H3,(H,24,25,26). The van der Waals surface area contributed by atoms with Crippen LogP contribution < -0.4 is 0 Å². The van der Waals surface area contributed by atoms with E-state index in [0.717, 1.165) is 21.9 Å². The molecule has 6 nitrogen and oxygen atoms in total. The fourth-order valence-electron chi connectivity index (χ4n) is 3.28. The smallest absolute Gasteiger partial charge is 0.306 e. The fraction of sp³-hybridized carbons (Fsp3) is 0.381. The third-order valence-electron chi connectivity index (χ3n) is 4.86. The lowest BCUT2D eigenvalue weighted by Crippen LogP contribution is -2.18. The van der Waals surface area contributed by atoms with E-state index in [1.165, 1.54) is 4.57 Å². The number of nitrogens with zero attached hydrogens (tertiary/aromatic N) is 1. The van der Waals surface area contributed by atoms with Gasteiger partial charge in [0.2, 0.25) is 0 Å². The van der Waals surface area contributed by atoms with Gasteiger partial charge in [0.15, 0.2) is 0 Å². The number of carbonyl (C=O) groups is 1. The fourth-order valence-corrected chi connectivity index (χ4v) is 3.54.